The van der Waals surface area contributed by atoms with Crippen LogP contribution in [0, 0.1) is 0 Å². The lowest BCUT2D eigenvalue weighted by atomic mass is 9.91. The number of aromatic carboxylic acids is 1. The van der Waals surface area contributed by atoms with Gasteiger partial charge >= 0.3 is 5.97 Å². The van der Waals surface area contributed by atoms with Gasteiger partial charge < -0.3 is 9.52 Å². The first-order valence-electron chi connectivity index (χ1n) is 6.19. The highest BCUT2D eigenvalue weighted by atomic mass is 16.4. The van der Waals surface area contributed by atoms with Crippen molar-refractivity contribution in [3.8, 4) is 0 Å². The van der Waals surface area contributed by atoms with Crippen LogP contribution in [-0.2, 0) is 5.41 Å². The molecule has 2 rings (SSSR count). The van der Waals surface area contributed by atoms with Gasteiger partial charge in [-0.15, -0.1) is 0 Å². The number of pyridine rings is 1. The highest BCUT2D eigenvalue weighted by molar-refractivity contribution is 5.88. The van der Waals surface area contributed by atoms with Crippen molar-refractivity contribution in [3.63, 3.8) is 0 Å². The third-order valence-corrected chi connectivity index (χ3v) is 2.72. The fraction of sp³-hybridized carbons (Fsp3) is 0.267. The van der Waals surface area contributed by atoms with Gasteiger partial charge in [0.25, 0.3) is 0 Å². The Morgan fingerprint density at radius 2 is 2.05 bits per heavy atom. The van der Waals surface area contributed by atoms with Gasteiger partial charge in [0.2, 0.25) is 0 Å². The van der Waals surface area contributed by atoms with Crippen LogP contribution in [-0.4, -0.2) is 21.0 Å². The van der Waals surface area contributed by atoms with Crippen LogP contribution in [0.15, 0.2) is 29.1 Å². The fourth-order valence-electron chi connectivity index (χ4n) is 1.77. The van der Waals surface area contributed by atoms with E-state index in [4.69, 9.17) is 9.52 Å². The molecule has 5 nitrogen and oxygen atoms in total. The number of aromatic nitrogens is 2. The summed E-state index contributed by atoms with van der Waals surface area (Å²) in [7, 11) is 0. The maximum absolute atomic E-state index is 10.9. The van der Waals surface area contributed by atoms with Crippen LogP contribution in [0.5, 0.6) is 0 Å². The molecule has 0 aromatic carbocycles. The van der Waals surface area contributed by atoms with E-state index in [1.54, 1.807) is 12.2 Å². The van der Waals surface area contributed by atoms with Gasteiger partial charge in [0.15, 0.2) is 6.39 Å². The Morgan fingerprint density at radius 3 is 2.70 bits per heavy atom. The molecule has 0 aliphatic carbocycles. The lowest BCUT2D eigenvalue weighted by Crippen LogP contribution is -2.11. The van der Waals surface area contributed by atoms with E-state index in [9.17, 15) is 4.79 Å². The molecule has 0 amide bonds. The van der Waals surface area contributed by atoms with E-state index in [-0.39, 0.29) is 11.0 Å². The SMILES string of the molecule is CC(C)(C)c1ocnc1/C=C/c1cc(C(=O)O)ccn1. The number of carbonyl (C=O) groups is 1. The van der Waals surface area contributed by atoms with Crippen molar-refractivity contribution in [1.82, 2.24) is 9.97 Å². The molecule has 0 saturated carbocycles. The molecule has 0 fully saturated rings. The maximum Gasteiger partial charge on any atom is 0.335 e. The predicted molar refractivity (Wildman–Crippen MR) is 75.3 cm³/mol. The zero-order chi connectivity index (χ0) is 14.8. The summed E-state index contributed by atoms with van der Waals surface area (Å²) in [5, 5.41) is 8.93. The summed E-state index contributed by atoms with van der Waals surface area (Å²) in [5.41, 5.74) is 1.34. The minimum Gasteiger partial charge on any atom is -0.478 e. The molecular formula is C15H16N2O3. The molecule has 0 bridgehead atoms. The minimum atomic E-state index is -0.973. The molecule has 2 aromatic heterocycles. The lowest BCUT2D eigenvalue weighted by molar-refractivity contribution is 0.0696. The highest BCUT2D eigenvalue weighted by Crippen LogP contribution is 2.26. The Kier molecular flexibility index (Phi) is 3.70. The highest BCUT2D eigenvalue weighted by Gasteiger charge is 2.21. The smallest absolute Gasteiger partial charge is 0.335 e. The second-order valence-electron chi connectivity index (χ2n) is 5.42. The van der Waals surface area contributed by atoms with Crippen molar-refractivity contribution >= 4 is 18.1 Å². The predicted octanol–water partition coefficient (Wildman–Crippen LogP) is 3.24. The molecule has 104 valence electrons. The van der Waals surface area contributed by atoms with Crippen LogP contribution in [0.25, 0.3) is 12.2 Å². The number of rotatable bonds is 3. The maximum atomic E-state index is 10.9. The van der Waals surface area contributed by atoms with Crippen molar-refractivity contribution in [2.24, 2.45) is 0 Å². The van der Waals surface area contributed by atoms with Gasteiger partial charge in [0, 0.05) is 11.6 Å². The number of carboxylic acid groups (broad SMARTS) is 1. The van der Waals surface area contributed by atoms with Crippen LogP contribution in [0.2, 0.25) is 0 Å². The van der Waals surface area contributed by atoms with Crippen LogP contribution < -0.4 is 0 Å². The van der Waals surface area contributed by atoms with Gasteiger partial charge in [0.05, 0.1) is 11.3 Å². The van der Waals surface area contributed by atoms with E-state index in [1.165, 1.54) is 24.7 Å². The van der Waals surface area contributed by atoms with Crippen molar-refractivity contribution < 1.29 is 14.3 Å². The standard InChI is InChI=1S/C15H16N2O3/c1-15(2,3)13-12(17-9-20-13)5-4-11-8-10(14(18)19)6-7-16-11/h4-9H,1-3H3,(H,18,19)/b5-4+. The Morgan fingerprint density at radius 1 is 1.30 bits per heavy atom. The molecule has 0 atom stereocenters. The number of hydrogen-bond donors (Lipinski definition) is 1. The molecule has 0 unspecified atom stereocenters. The summed E-state index contributed by atoms with van der Waals surface area (Å²) < 4.78 is 5.40. The monoisotopic (exact) mass is 272 g/mol. The van der Waals surface area contributed by atoms with Crippen molar-refractivity contribution in [2.45, 2.75) is 26.2 Å². The molecule has 20 heavy (non-hydrogen) atoms. The average Bonchev–Trinajstić information content (AvgIpc) is 2.85. The van der Waals surface area contributed by atoms with Gasteiger partial charge in [-0.3, -0.25) is 4.98 Å². The molecule has 2 aromatic rings. The van der Waals surface area contributed by atoms with Gasteiger partial charge in [-0.25, -0.2) is 9.78 Å². The van der Waals surface area contributed by atoms with Crippen molar-refractivity contribution in [1.29, 1.82) is 0 Å². The zero-order valence-corrected chi connectivity index (χ0v) is 11.6. The Balaban J connectivity index is 2.28. The molecule has 2 heterocycles. The van der Waals surface area contributed by atoms with Gasteiger partial charge in [-0.05, 0) is 24.3 Å². The first-order chi connectivity index (χ1) is 9.38. The van der Waals surface area contributed by atoms with E-state index in [1.807, 2.05) is 20.8 Å². The summed E-state index contributed by atoms with van der Waals surface area (Å²) in [4.78, 5) is 19.2. The molecule has 0 aliphatic heterocycles. The van der Waals surface area contributed by atoms with E-state index in [0.717, 1.165) is 11.5 Å². The third-order valence-electron chi connectivity index (χ3n) is 2.72. The molecule has 0 radical (unpaired) electrons. The summed E-state index contributed by atoms with van der Waals surface area (Å²) in [5.74, 6) is -0.193. The number of oxazole rings is 1. The summed E-state index contributed by atoms with van der Waals surface area (Å²) >= 11 is 0. The number of carboxylic acids is 1. The first-order valence-corrected chi connectivity index (χ1v) is 6.19. The van der Waals surface area contributed by atoms with E-state index in [0.29, 0.717) is 5.69 Å². The molecule has 0 saturated heterocycles. The van der Waals surface area contributed by atoms with Crippen molar-refractivity contribution in [3.05, 3.63) is 47.4 Å². The lowest BCUT2D eigenvalue weighted by Gasteiger charge is -2.14. The van der Waals surface area contributed by atoms with Crippen LogP contribution in [0.4, 0.5) is 0 Å². The van der Waals surface area contributed by atoms with E-state index < -0.39 is 5.97 Å². The van der Waals surface area contributed by atoms with E-state index >= 15 is 0 Å². The van der Waals surface area contributed by atoms with Crippen LogP contribution in [0.1, 0.15) is 48.3 Å². The van der Waals surface area contributed by atoms with Crippen molar-refractivity contribution in [2.75, 3.05) is 0 Å². The van der Waals surface area contributed by atoms with Crippen LogP contribution >= 0.6 is 0 Å². The summed E-state index contributed by atoms with van der Waals surface area (Å²) in [6.07, 6.45) is 6.37. The second kappa shape index (κ2) is 5.28. The van der Waals surface area contributed by atoms with E-state index in [2.05, 4.69) is 9.97 Å². The average molecular weight is 272 g/mol. The normalized spacial score (nSPS) is 11.9. The Labute approximate surface area is 117 Å². The molecule has 0 aliphatic rings. The molecule has 1 N–H and O–H groups in total. The topological polar surface area (TPSA) is 76.2 Å². The van der Waals surface area contributed by atoms with Gasteiger partial charge in [-0.2, -0.15) is 0 Å². The summed E-state index contributed by atoms with van der Waals surface area (Å²) in [6, 6.07) is 2.96. The quantitative estimate of drug-likeness (QED) is 0.928. The van der Waals surface area contributed by atoms with Gasteiger partial charge in [0.1, 0.15) is 11.5 Å². The zero-order valence-electron chi connectivity index (χ0n) is 11.6. The first kappa shape index (κ1) is 14.0. The summed E-state index contributed by atoms with van der Waals surface area (Å²) in [6.45, 7) is 6.11. The second-order valence-corrected chi connectivity index (χ2v) is 5.42. The Hall–Kier alpha value is -2.43. The molecule has 0 spiro atoms. The fourth-order valence-corrected chi connectivity index (χ4v) is 1.77. The van der Waals surface area contributed by atoms with Crippen LogP contribution in [0.3, 0.4) is 0 Å². The third kappa shape index (κ3) is 3.12. The minimum absolute atomic E-state index is 0.146. The molecular weight excluding hydrogens is 256 g/mol. The Bertz CT molecular complexity index is 651. The number of nitrogens with zero attached hydrogens (tertiary/aromatic N) is 2. The largest absolute Gasteiger partial charge is 0.478 e. The number of hydrogen-bond acceptors (Lipinski definition) is 4. The van der Waals surface area contributed by atoms with Gasteiger partial charge in [-0.1, -0.05) is 20.8 Å². The molecule has 5 heteroatoms.